The van der Waals surface area contributed by atoms with E-state index >= 15 is 0 Å². The summed E-state index contributed by atoms with van der Waals surface area (Å²) >= 11 is 0.981. The summed E-state index contributed by atoms with van der Waals surface area (Å²) in [6.07, 6.45) is -3.57. The van der Waals surface area contributed by atoms with Crippen molar-refractivity contribution in [2.45, 2.75) is 28.5 Å². The number of rotatable bonds is 4. The van der Waals surface area contributed by atoms with Crippen LogP contribution in [0.2, 0.25) is 0 Å². The van der Waals surface area contributed by atoms with Gasteiger partial charge in [-0.05, 0) is 47.8 Å². The molecule has 0 aliphatic heterocycles. The van der Waals surface area contributed by atoms with Gasteiger partial charge in [-0.2, -0.15) is 26.3 Å². The highest BCUT2D eigenvalue weighted by atomic mass is 32.2. The summed E-state index contributed by atoms with van der Waals surface area (Å²) in [5.41, 5.74) is -4.34. The first-order chi connectivity index (χ1) is 14.0. The first-order valence-corrected chi connectivity index (χ1v) is 10.2. The van der Waals surface area contributed by atoms with Crippen molar-refractivity contribution in [3.8, 4) is 11.6 Å². The molecule has 30 heavy (non-hydrogen) atoms. The van der Waals surface area contributed by atoms with Crippen LogP contribution in [0.4, 0.5) is 26.3 Å². The Hall–Kier alpha value is -2.34. The minimum absolute atomic E-state index is 0.0207. The molecule has 4 aromatic rings. The number of hydrogen-bond acceptors (Lipinski definition) is 5. The van der Waals surface area contributed by atoms with Gasteiger partial charge in [0.15, 0.2) is 11.3 Å². The summed E-state index contributed by atoms with van der Waals surface area (Å²) in [4.78, 5) is 8.51. The third-order valence-electron chi connectivity index (χ3n) is 3.98. The zero-order chi connectivity index (χ0) is 21.7. The minimum atomic E-state index is -4.52. The molecule has 0 spiro atoms. The topological polar surface area (TPSA) is 43.3 Å². The van der Waals surface area contributed by atoms with E-state index in [1.54, 1.807) is 0 Å². The van der Waals surface area contributed by atoms with Gasteiger partial charge in [-0.3, -0.25) is 4.40 Å². The number of imidazole rings is 1. The fourth-order valence-corrected chi connectivity index (χ4v) is 4.21. The third-order valence-corrected chi connectivity index (χ3v) is 5.65. The van der Waals surface area contributed by atoms with Crippen molar-refractivity contribution >= 4 is 40.3 Å². The van der Waals surface area contributed by atoms with Crippen LogP contribution in [-0.2, 0) is 6.18 Å². The van der Waals surface area contributed by atoms with Gasteiger partial charge in [0, 0.05) is 11.1 Å². The number of benzene rings is 1. The Morgan fingerprint density at radius 3 is 2.47 bits per heavy atom. The Morgan fingerprint density at radius 2 is 1.80 bits per heavy atom. The number of alkyl halides is 6. The fourth-order valence-electron chi connectivity index (χ4n) is 2.81. The molecule has 3 heterocycles. The van der Waals surface area contributed by atoms with Crippen molar-refractivity contribution in [3.05, 3.63) is 42.1 Å². The molecule has 0 radical (unpaired) electrons. The van der Waals surface area contributed by atoms with E-state index in [4.69, 9.17) is 4.42 Å². The molecule has 0 aliphatic rings. The van der Waals surface area contributed by atoms with Crippen LogP contribution < -0.4 is 0 Å². The highest BCUT2D eigenvalue weighted by Crippen LogP contribution is 2.39. The monoisotopic (exact) mass is 463 g/mol. The Morgan fingerprint density at radius 1 is 1.03 bits per heavy atom. The number of halogens is 6. The molecular weight excluding hydrogens is 452 g/mol. The molecule has 0 saturated carbocycles. The SMILES string of the molecule is CCSc1c(-c2nc3cc(SC(F)(F)F)ccc3o2)nc2ccc(C(F)(F)F)cn12. The molecule has 0 aliphatic carbocycles. The van der Waals surface area contributed by atoms with Crippen LogP contribution in [0.3, 0.4) is 0 Å². The smallest absolute Gasteiger partial charge is 0.435 e. The third kappa shape index (κ3) is 4.10. The van der Waals surface area contributed by atoms with Gasteiger partial charge in [0.25, 0.3) is 0 Å². The van der Waals surface area contributed by atoms with Gasteiger partial charge in [-0.25, -0.2) is 9.97 Å². The Balaban J connectivity index is 1.83. The van der Waals surface area contributed by atoms with Gasteiger partial charge in [0.05, 0.1) is 5.56 Å². The van der Waals surface area contributed by atoms with E-state index in [9.17, 15) is 26.3 Å². The van der Waals surface area contributed by atoms with Gasteiger partial charge >= 0.3 is 11.7 Å². The van der Waals surface area contributed by atoms with Crippen LogP contribution >= 0.6 is 23.5 Å². The van der Waals surface area contributed by atoms with E-state index in [2.05, 4.69) is 9.97 Å². The Bertz CT molecular complexity index is 1230. The molecule has 1 aromatic carbocycles. The Labute approximate surface area is 173 Å². The zero-order valence-corrected chi connectivity index (χ0v) is 16.6. The number of pyridine rings is 1. The highest BCUT2D eigenvalue weighted by molar-refractivity contribution is 8.00. The molecule has 3 aromatic heterocycles. The summed E-state index contributed by atoms with van der Waals surface area (Å²) in [6.45, 7) is 1.83. The minimum Gasteiger partial charge on any atom is -0.435 e. The van der Waals surface area contributed by atoms with Crippen LogP contribution in [0.5, 0.6) is 0 Å². The molecule has 0 N–H and O–H groups in total. The van der Waals surface area contributed by atoms with E-state index in [1.807, 2.05) is 6.92 Å². The highest BCUT2D eigenvalue weighted by Gasteiger charge is 2.32. The molecule has 12 heteroatoms. The second-order valence-corrected chi connectivity index (χ2v) is 8.43. The van der Waals surface area contributed by atoms with Crippen molar-refractivity contribution in [3.63, 3.8) is 0 Å². The summed E-state index contributed by atoms with van der Waals surface area (Å²) in [5.74, 6) is 0.566. The standard InChI is InChI=1S/C18H11F6N3OS2/c1-2-29-16-14(26-13-6-3-9(8-27(13)16)17(19,20)21)15-25-11-7-10(30-18(22,23)24)4-5-12(11)28-15/h3-8H,2H2,1H3. The normalized spacial score (nSPS) is 12.9. The van der Waals surface area contributed by atoms with Crippen LogP contribution in [0.25, 0.3) is 28.3 Å². The lowest BCUT2D eigenvalue weighted by atomic mass is 10.3. The zero-order valence-electron chi connectivity index (χ0n) is 15.0. The number of aromatic nitrogens is 3. The molecule has 158 valence electrons. The van der Waals surface area contributed by atoms with Crippen molar-refractivity contribution in [2.75, 3.05) is 5.75 Å². The van der Waals surface area contributed by atoms with E-state index in [-0.39, 0.29) is 45.0 Å². The van der Waals surface area contributed by atoms with E-state index in [0.717, 1.165) is 12.3 Å². The van der Waals surface area contributed by atoms with E-state index in [1.165, 1.54) is 40.4 Å². The average Bonchev–Trinajstić information content (AvgIpc) is 3.20. The molecule has 0 bridgehead atoms. The second kappa shape index (κ2) is 7.41. The summed E-state index contributed by atoms with van der Waals surface area (Å²) < 4.78 is 84.1. The maximum atomic E-state index is 13.1. The first kappa shape index (κ1) is 20.9. The molecule has 4 nitrogen and oxygen atoms in total. The lowest BCUT2D eigenvalue weighted by molar-refractivity contribution is -0.137. The second-order valence-electron chi connectivity index (χ2n) is 6.04. The summed E-state index contributed by atoms with van der Waals surface area (Å²) in [5, 5.41) is 0.398. The predicted molar refractivity (Wildman–Crippen MR) is 102 cm³/mol. The van der Waals surface area contributed by atoms with Crippen molar-refractivity contribution in [1.29, 1.82) is 0 Å². The van der Waals surface area contributed by atoms with Gasteiger partial charge in [0.1, 0.15) is 16.2 Å². The van der Waals surface area contributed by atoms with Gasteiger partial charge in [-0.15, -0.1) is 11.8 Å². The lowest BCUT2D eigenvalue weighted by Gasteiger charge is -2.08. The predicted octanol–water partition coefficient (Wildman–Crippen LogP) is 6.89. The van der Waals surface area contributed by atoms with Crippen LogP contribution in [0.1, 0.15) is 12.5 Å². The van der Waals surface area contributed by atoms with Crippen molar-refractivity contribution < 1.29 is 30.8 Å². The average molecular weight is 463 g/mol. The largest absolute Gasteiger partial charge is 0.446 e. The first-order valence-electron chi connectivity index (χ1n) is 8.44. The molecule has 0 unspecified atom stereocenters. The van der Waals surface area contributed by atoms with Crippen LogP contribution in [0.15, 0.2) is 50.9 Å². The quantitative estimate of drug-likeness (QED) is 0.244. The van der Waals surface area contributed by atoms with Crippen molar-refractivity contribution in [2.24, 2.45) is 0 Å². The van der Waals surface area contributed by atoms with E-state index in [0.29, 0.717) is 10.8 Å². The van der Waals surface area contributed by atoms with Gasteiger partial charge in [0.2, 0.25) is 5.89 Å². The van der Waals surface area contributed by atoms with Crippen molar-refractivity contribution in [1.82, 2.24) is 14.4 Å². The number of oxazole rings is 1. The number of fused-ring (bicyclic) bond motifs is 2. The molecule has 0 atom stereocenters. The summed E-state index contributed by atoms with van der Waals surface area (Å²) in [6, 6.07) is 6.04. The van der Waals surface area contributed by atoms with Crippen LogP contribution in [0, 0.1) is 0 Å². The molecule has 4 rings (SSSR count). The number of thioether (sulfide) groups is 2. The fraction of sp³-hybridized carbons (Fsp3) is 0.222. The molecular formula is C18H11F6N3OS2. The number of nitrogens with zero attached hydrogens (tertiary/aromatic N) is 3. The van der Waals surface area contributed by atoms with E-state index < -0.39 is 17.2 Å². The van der Waals surface area contributed by atoms with Gasteiger partial charge < -0.3 is 4.42 Å². The molecule has 0 fully saturated rings. The summed E-state index contributed by atoms with van der Waals surface area (Å²) in [7, 11) is 0. The lowest BCUT2D eigenvalue weighted by Crippen LogP contribution is -2.06. The number of hydrogen-bond donors (Lipinski definition) is 0. The maximum Gasteiger partial charge on any atom is 0.446 e. The molecule has 0 amide bonds. The van der Waals surface area contributed by atoms with Crippen LogP contribution in [-0.4, -0.2) is 25.6 Å². The molecule has 0 saturated heterocycles. The van der Waals surface area contributed by atoms with Gasteiger partial charge in [-0.1, -0.05) is 6.92 Å². The maximum absolute atomic E-state index is 13.1. The Kier molecular flexibility index (Phi) is 5.17.